The van der Waals surface area contributed by atoms with Crippen LogP contribution in [0.4, 0.5) is 4.39 Å². The highest BCUT2D eigenvalue weighted by molar-refractivity contribution is 5.80. The summed E-state index contributed by atoms with van der Waals surface area (Å²) in [6.45, 7) is 3.15. The fourth-order valence-corrected chi connectivity index (χ4v) is 5.87. The minimum absolute atomic E-state index is 0.167. The SMILES string of the molecule is CCc1ccc2[nH]c(=O)c([C@@H](c3nnnn3C3CCCC3)N(Cc3ccccc3)Cc3ccc(F)cc3)cc2c1. The topological polar surface area (TPSA) is 79.7 Å². The number of aryl methyl sites for hydroxylation is 1. The first-order valence-electron chi connectivity index (χ1n) is 14.0. The minimum Gasteiger partial charge on any atom is -0.322 e. The van der Waals surface area contributed by atoms with E-state index >= 15 is 0 Å². The van der Waals surface area contributed by atoms with E-state index < -0.39 is 6.04 Å². The Morgan fingerprint density at radius 2 is 1.65 bits per heavy atom. The summed E-state index contributed by atoms with van der Waals surface area (Å²) >= 11 is 0. The second-order valence-electron chi connectivity index (χ2n) is 10.7. The van der Waals surface area contributed by atoms with E-state index in [2.05, 4.69) is 50.5 Å². The number of aromatic nitrogens is 5. The molecule has 1 fully saturated rings. The minimum atomic E-state index is -0.528. The average Bonchev–Trinajstić information content (AvgIpc) is 3.68. The molecule has 0 radical (unpaired) electrons. The van der Waals surface area contributed by atoms with Crippen LogP contribution in [0.5, 0.6) is 0 Å². The Morgan fingerprint density at radius 1 is 0.950 bits per heavy atom. The lowest BCUT2D eigenvalue weighted by atomic mass is 10.00. The van der Waals surface area contributed by atoms with Crippen molar-refractivity contribution >= 4 is 10.9 Å². The molecule has 2 aromatic heterocycles. The molecule has 0 bridgehead atoms. The predicted octanol–water partition coefficient (Wildman–Crippen LogP) is 6.12. The molecular weight excluding hydrogens is 503 g/mol. The van der Waals surface area contributed by atoms with Crippen LogP contribution in [0, 0.1) is 5.82 Å². The van der Waals surface area contributed by atoms with Crippen LogP contribution < -0.4 is 5.56 Å². The first-order valence-corrected chi connectivity index (χ1v) is 14.0. The van der Waals surface area contributed by atoms with Crippen molar-refractivity contribution in [2.45, 2.75) is 64.2 Å². The van der Waals surface area contributed by atoms with Crippen molar-refractivity contribution in [3.8, 4) is 0 Å². The molecule has 0 aliphatic heterocycles. The van der Waals surface area contributed by atoms with E-state index in [-0.39, 0.29) is 17.4 Å². The Labute approximate surface area is 232 Å². The third kappa shape index (κ3) is 5.45. The van der Waals surface area contributed by atoms with Crippen LogP contribution in [0.15, 0.2) is 83.7 Å². The monoisotopic (exact) mass is 536 g/mol. The van der Waals surface area contributed by atoms with Gasteiger partial charge in [-0.1, -0.05) is 68.3 Å². The van der Waals surface area contributed by atoms with Gasteiger partial charge in [-0.15, -0.1) is 5.10 Å². The summed E-state index contributed by atoms with van der Waals surface area (Å²) in [7, 11) is 0. The summed E-state index contributed by atoms with van der Waals surface area (Å²) in [6, 6.07) is 24.5. The lowest BCUT2D eigenvalue weighted by Gasteiger charge is -2.32. The number of benzene rings is 3. The standard InChI is InChI=1S/C32H33FN6O/c1-2-22-14-17-29-25(18-22)19-28(32(40)34-29)30(31-35-36-37-39(31)27-10-6-7-11-27)38(20-23-8-4-3-5-9-23)21-24-12-15-26(33)16-13-24/h3-5,8-9,12-19,27,30H,2,6-7,10-11,20-21H2,1H3,(H,34,40)/t30-/m0/s1. The summed E-state index contributed by atoms with van der Waals surface area (Å²) in [6.07, 6.45) is 5.19. The van der Waals surface area contributed by atoms with Crippen molar-refractivity contribution in [2.75, 3.05) is 0 Å². The van der Waals surface area contributed by atoms with Crippen molar-refractivity contribution < 1.29 is 4.39 Å². The Hall–Kier alpha value is -4.17. The van der Waals surface area contributed by atoms with Gasteiger partial charge < -0.3 is 4.98 Å². The van der Waals surface area contributed by atoms with Crippen molar-refractivity contribution in [2.24, 2.45) is 0 Å². The molecule has 1 N–H and O–H groups in total. The van der Waals surface area contributed by atoms with Crippen LogP contribution >= 0.6 is 0 Å². The molecule has 6 rings (SSSR count). The molecule has 3 aromatic carbocycles. The summed E-state index contributed by atoms with van der Waals surface area (Å²) in [5.74, 6) is 0.374. The fourth-order valence-electron chi connectivity index (χ4n) is 5.87. The zero-order chi connectivity index (χ0) is 27.5. The predicted molar refractivity (Wildman–Crippen MR) is 153 cm³/mol. The number of tetrazole rings is 1. The molecule has 7 nitrogen and oxygen atoms in total. The third-order valence-electron chi connectivity index (χ3n) is 7.97. The van der Waals surface area contributed by atoms with E-state index in [1.54, 1.807) is 12.1 Å². The van der Waals surface area contributed by atoms with Crippen LogP contribution in [-0.2, 0) is 19.5 Å². The highest BCUT2D eigenvalue weighted by Crippen LogP contribution is 2.35. The van der Waals surface area contributed by atoms with Crippen LogP contribution in [0.3, 0.4) is 0 Å². The molecule has 1 aliphatic carbocycles. The van der Waals surface area contributed by atoms with Gasteiger partial charge in [0.05, 0.1) is 6.04 Å². The number of fused-ring (bicyclic) bond motifs is 1. The number of rotatable bonds is 9. The van der Waals surface area contributed by atoms with Gasteiger partial charge in [-0.25, -0.2) is 9.07 Å². The van der Waals surface area contributed by atoms with Gasteiger partial charge in [0.2, 0.25) is 0 Å². The lowest BCUT2D eigenvalue weighted by molar-refractivity contribution is 0.190. The van der Waals surface area contributed by atoms with Crippen LogP contribution in [0.25, 0.3) is 10.9 Å². The van der Waals surface area contributed by atoms with Crippen molar-refractivity contribution in [1.29, 1.82) is 0 Å². The summed E-state index contributed by atoms with van der Waals surface area (Å²) in [5, 5.41) is 14.1. The van der Waals surface area contributed by atoms with Crippen molar-refractivity contribution in [3.63, 3.8) is 0 Å². The molecule has 1 atom stereocenters. The number of nitrogens with zero attached hydrogens (tertiary/aromatic N) is 5. The van der Waals surface area contributed by atoms with Gasteiger partial charge >= 0.3 is 0 Å². The Balaban J connectivity index is 1.54. The summed E-state index contributed by atoms with van der Waals surface area (Å²) in [4.78, 5) is 19.1. The molecule has 0 unspecified atom stereocenters. The maximum absolute atomic E-state index is 13.8. The second kappa shape index (κ2) is 11.5. The molecule has 0 saturated heterocycles. The van der Waals surface area contributed by atoms with Gasteiger partial charge in [-0.3, -0.25) is 9.69 Å². The number of halogens is 1. The number of pyridine rings is 1. The highest BCUT2D eigenvalue weighted by Gasteiger charge is 2.33. The van der Waals surface area contributed by atoms with Gasteiger partial charge in [-0.2, -0.15) is 0 Å². The Bertz CT molecular complexity index is 1640. The fraction of sp³-hybridized carbons (Fsp3) is 0.312. The molecule has 0 amide bonds. The van der Waals surface area contributed by atoms with E-state index in [4.69, 9.17) is 0 Å². The van der Waals surface area contributed by atoms with Crippen LogP contribution in [0.2, 0.25) is 0 Å². The van der Waals surface area contributed by atoms with Crippen LogP contribution in [0.1, 0.15) is 72.8 Å². The molecule has 5 aromatic rings. The highest BCUT2D eigenvalue weighted by atomic mass is 19.1. The molecule has 1 aliphatic rings. The normalized spacial score (nSPS) is 14.8. The van der Waals surface area contributed by atoms with Crippen LogP contribution in [-0.4, -0.2) is 30.1 Å². The van der Waals surface area contributed by atoms with E-state index in [1.165, 1.54) is 17.7 Å². The Morgan fingerprint density at radius 3 is 2.38 bits per heavy atom. The first kappa shape index (κ1) is 26.1. The van der Waals surface area contributed by atoms with Gasteiger partial charge in [0.25, 0.3) is 5.56 Å². The zero-order valence-electron chi connectivity index (χ0n) is 22.6. The van der Waals surface area contributed by atoms with E-state index in [0.29, 0.717) is 24.5 Å². The van der Waals surface area contributed by atoms with Gasteiger partial charge in [0.1, 0.15) is 11.9 Å². The number of hydrogen-bond acceptors (Lipinski definition) is 5. The number of H-pyrrole nitrogens is 1. The quantitative estimate of drug-likeness (QED) is 0.245. The number of nitrogens with one attached hydrogen (secondary N) is 1. The summed E-state index contributed by atoms with van der Waals surface area (Å²) in [5.41, 5.74) is 4.46. The lowest BCUT2D eigenvalue weighted by Crippen LogP contribution is -2.35. The maximum atomic E-state index is 13.8. The van der Waals surface area contributed by atoms with Crippen molar-refractivity contribution in [1.82, 2.24) is 30.1 Å². The molecule has 0 spiro atoms. The van der Waals surface area contributed by atoms with E-state index in [1.807, 2.05) is 41.1 Å². The number of aromatic amines is 1. The third-order valence-corrected chi connectivity index (χ3v) is 7.97. The van der Waals surface area contributed by atoms with Gasteiger partial charge in [-0.05, 0) is 82.1 Å². The smallest absolute Gasteiger partial charge is 0.253 e. The first-order chi connectivity index (χ1) is 19.6. The molecular formula is C32H33FN6O. The Kier molecular flexibility index (Phi) is 7.51. The maximum Gasteiger partial charge on any atom is 0.253 e. The van der Waals surface area contributed by atoms with Gasteiger partial charge in [0, 0.05) is 24.2 Å². The largest absolute Gasteiger partial charge is 0.322 e. The average molecular weight is 537 g/mol. The van der Waals surface area contributed by atoms with Gasteiger partial charge in [0.15, 0.2) is 5.82 Å². The molecule has 8 heteroatoms. The van der Waals surface area contributed by atoms with Crippen molar-refractivity contribution in [3.05, 3.63) is 123 Å². The van der Waals surface area contributed by atoms with E-state index in [9.17, 15) is 9.18 Å². The molecule has 2 heterocycles. The summed E-state index contributed by atoms with van der Waals surface area (Å²) < 4.78 is 15.8. The zero-order valence-corrected chi connectivity index (χ0v) is 22.6. The van der Waals surface area contributed by atoms with E-state index in [0.717, 1.165) is 54.1 Å². The molecule has 204 valence electrons. The molecule has 1 saturated carbocycles. The number of hydrogen-bond donors (Lipinski definition) is 1. The molecule has 40 heavy (non-hydrogen) atoms. The second-order valence-corrected chi connectivity index (χ2v) is 10.7.